The Morgan fingerprint density at radius 3 is 2.14 bits per heavy atom. The summed E-state index contributed by atoms with van der Waals surface area (Å²) in [4.78, 5) is 30.4. The SMILES string of the molecule is C1=CCCC1.CO.COC=O.NC(=O)CC(=O)Nc1cccc(C(F)(F)F)c1. The van der Waals surface area contributed by atoms with Gasteiger partial charge in [-0.2, -0.15) is 13.2 Å². The number of amides is 2. The number of ether oxygens (including phenoxy) is 1. The van der Waals surface area contributed by atoms with Gasteiger partial charge in [-0.05, 0) is 37.5 Å². The van der Waals surface area contributed by atoms with E-state index in [9.17, 15) is 22.8 Å². The molecule has 10 heteroatoms. The third kappa shape index (κ3) is 15.4. The first-order valence-electron chi connectivity index (χ1n) is 8.02. The van der Waals surface area contributed by atoms with Crippen LogP contribution in [0.1, 0.15) is 31.2 Å². The van der Waals surface area contributed by atoms with Crippen molar-refractivity contribution in [3.8, 4) is 0 Å². The van der Waals surface area contributed by atoms with E-state index < -0.39 is 30.0 Å². The number of aliphatic hydroxyl groups is 1. The summed E-state index contributed by atoms with van der Waals surface area (Å²) in [5.41, 5.74) is 3.85. The van der Waals surface area contributed by atoms with Crippen molar-refractivity contribution in [1.82, 2.24) is 0 Å². The van der Waals surface area contributed by atoms with Crippen molar-refractivity contribution in [3.05, 3.63) is 42.0 Å². The van der Waals surface area contributed by atoms with Gasteiger partial charge in [0, 0.05) is 12.8 Å². The number of halogens is 3. The number of allylic oxidation sites excluding steroid dienone is 2. The van der Waals surface area contributed by atoms with Crippen molar-refractivity contribution in [2.45, 2.75) is 31.9 Å². The van der Waals surface area contributed by atoms with Crippen LogP contribution in [0.5, 0.6) is 0 Å². The molecule has 0 aromatic heterocycles. The highest BCUT2D eigenvalue weighted by Gasteiger charge is 2.30. The maximum absolute atomic E-state index is 12.3. The number of anilines is 1. The van der Waals surface area contributed by atoms with E-state index in [1.54, 1.807) is 0 Å². The van der Waals surface area contributed by atoms with Crippen LogP contribution in [0.2, 0.25) is 0 Å². The molecule has 0 radical (unpaired) electrons. The number of primary amides is 1. The van der Waals surface area contributed by atoms with Crippen LogP contribution < -0.4 is 11.1 Å². The van der Waals surface area contributed by atoms with Crippen LogP contribution in [0.25, 0.3) is 0 Å². The Hall–Kier alpha value is -2.88. The number of carbonyl (C=O) groups excluding carboxylic acids is 3. The molecule has 0 spiro atoms. The minimum absolute atomic E-state index is 0.0360. The minimum atomic E-state index is -4.48. The summed E-state index contributed by atoms with van der Waals surface area (Å²) in [5, 5.41) is 9.15. The lowest BCUT2D eigenvalue weighted by atomic mass is 10.2. The van der Waals surface area contributed by atoms with Crippen molar-refractivity contribution in [2.75, 3.05) is 19.5 Å². The zero-order valence-corrected chi connectivity index (χ0v) is 15.7. The second-order valence-electron chi connectivity index (χ2n) is 5.00. The molecule has 0 saturated heterocycles. The third-order valence-corrected chi connectivity index (χ3v) is 2.81. The number of aliphatic hydroxyl groups excluding tert-OH is 1. The summed E-state index contributed by atoms with van der Waals surface area (Å²) in [7, 11) is 2.31. The quantitative estimate of drug-likeness (QED) is 0.404. The van der Waals surface area contributed by atoms with Crippen LogP contribution in [-0.2, 0) is 25.3 Å². The van der Waals surface area contributed by atoms with Gasteiger partial charge in [-0.3, -0.25) is 14.4 Å². The van der Waals surface area contributed by atoms with E-state index in [1.165, 1.54) is 32.4 Å². The van der Waals surface area contributed by atoms with E-state index >= 15 is 0 Å². The highest BCUT2D eigenvalue weighted by atomic mass is 19.4. The third-order valence-electron chi connectivity index (χ3n) is 2.81. The molecule has 0 saturated carbocycles. The Bertz CT molecular complexity index is 613. The molecule has 0 unspecified atom stereocenters. The summed E-state index contributed by atoms with van der Waals surface area (Å²) in [5.74, 6) is -1.61. The van der Waals surface area contributed by atoms with Crippen LogP contribution in [-0.4, -0.2) is 37.6 Å². The fraction of sp³-hybridized carbons (Fsp3) is 0.389. The van der Waals surface area contributed by atoms with Crippen LogP contribution in [0.3, 0.4) is 0 Å². The zero-order valence-electron chi connectivity index (χ0n) is 15.7. The lowest BCUT2D eigenvalue weighted by molar-refractivity contribution is -0.137. The second-order valence-corrected chi connectivity index (χ2v) is 5.00. The van der Waals surface area contributed by atoms with Gasteiger partial charge in [0.2, 0.25) is 11.8 Å². The highest BCUT2D eigenvalue weighted by molar-refractivity contribution is 6.03. The monoisotopic (exact) mass is 406 g/mol. The molecule has 158 valence electrons. The summed E-state index contributed by atoms with van der Waals surface area (Å²) >= 11 is 0. The van der Waals surface area contributed by atoms with Gasteiger partial charge in [-0.15, -0.1) is 0 Å². The number of benzene rings is 1. The van der Waals surface area contributed by atoms with E-state index in [0.29, 0.717) is 6.47 Å². The number of hydrogen-bond donors (Lipinski definition) is 3. The van der Waals surface area contributed by atoms with Crippen molar-refractivity contribution in [2.24, 2.45) is 5.73 Å². The number of nitrogens with two attached hydrogens (primary N) is 1. The fourth-order valence-electron chi connectivity index (χ4n) is 1.73. The van der Waals surface area contributed by atoms with Crippen LogP contribution in [0, 0.1) is 0 Å². The lowest BCUT2D eigenvalue weighted by Gasteiger charge is -2.09. The normalized spacial score (nSPS) is 11.4. The molecular weight excluding hydrogens is 381 g/mol. The standard InChI is InChI=1S/C10H9F3N2O2.C5H8.C2H4O2.CH4O/c11-10(12,13)6-2-1-3-7(4-6)15-9(17)5-8(14)16;1-2-4-5-3-1;1-4-2-3;1-2/h1-4H,5H2,(H2,14,16)(H,15,17);1-2H,3-5H2;2H,1H3;2H,1H3. The van der Waals surface area contributed by atoms with Crippen molar-refractivity contribution >= 4 is 24.0 Å². The molecule has 0 bridgehead atoms. The molecule has 1 aliphatic rings. The summed E-state index contributed by atoms with van der Waals surface area (Å²) in [6.45, 7) is 0.375. The van der Waals surface area contributed by atoms with Gasteiger partial charge in [-0.25, -0.2) is 0 Å². The van der Waals surface area contributed by atoms with Crippen LogP contribution >= 0.6 is 0 Å². The fourth-order valence-corrected chi connectivity index (χ4v) is 1.73. The molecule has 1 aromatic carbocycles. The lowest BCUT2D eigenvalue weighted by Crippen LogP contribution is -2.21. The van der Waals surface area contributed by atoms with Gasteiger partial charge in [0.25, 0.3) is 6.47 Å². The number of methoxy groups -OCH3 is 1. The topological polar surface area (TPSA) is 119 Å². The Morgan fingerprint density at radius 1 is 1.25 bits per heavy atom. The Labute approximate surface area is 161 Å². The van der Waals surface area contributed by atoms with Crippen molar-refractivity contribution in [3.63, 3.8) is 0 Å². The van der Waals surface area contributed by atoms with Gasteiger partial charge in [-0.1, -0.05) is 18.2 Å². The first kappa shape index (κ1) is 27.3. The average molecular weight is 406 g/mol. The maximum atomic E-state index is 12.3. The Kier molecular flexibility index (Phi) is 15.9. The van der Waals surface area contributed by atoms with Gasteiger partial charge in [0.05, 0.1) is 12.7 Å². The molecule has 0 fully saturated rings. The van der Waals surface area contributed by atoms with Gasteiger partial charge < -0.3 is 20.9 Å². The second kappa shape index (κ2) is 16.3. The molecular formula is C18H25F3N2O5. The molecule has 0 heterocycles. The summed E-state index contributed by atoms with van der Waals surface area (Å²) < 4.78 is 40.8. The van der Waals surface area contributed by atoms with E-state index in [4.69, 9.17) is 15.6 Å². The molecule has 0 aliphatic heterocycles. The number of rotatable bonds is 4. The van der Waals surface area contributed by atoms with Crippen molar-refractivity contribution < 1.29 is 37.4 Å². The number of carbonyl (C=O) groups is 3. The largest absolute Gasteiger partial charge is 0.471 e. The molecule has 2 amide bonds. The number of nitrogens with one attached hydrogen (secondary N) is 1. The van der Waals surface area contributed by atoms with E-state index in [2.05, 4.69) is 22.2 Å². The number of hydrogen-bond acceptors (Lipinski definition) is 5. The molecule has 2 rings (SSSR count). The molecule has 0 atom stereocenters. The molecule has 28 heavy (non-hydrogen) atoms. The highest BCUT2D eigenvalue weighted by Crippen LogP contribution is 2.30. The van der Waals surface area contributed by atoms with Crippen molar-refractivity contribution in [1.29, 1.82) is 0 Å². The average Bonchev–Trinajstić information content (AvgIpc) is 3.22. The Morgan fingerprint density at radius 2 is 1.79 bits per heavy atom. The number of alkyl halides is 3. The minimum Gasteiger partial charge on any atom is -0.471 e. The van der Waals surface area contributed by atoms with E-state index in [1.807, 2.05) is 0 Å². The molecule has 4 N–H and O–H groups in total. The maximum Gasteiger partial charge on any atom is 0.416 e. The van der Waals surface area contributed by atoms with Crippen LogP contribution in [0.4, 0.5) is 18.9 Å². The predicted molar refractivity (Wildman–Crippen MR) is 98.1 cm³/mol. The van der Waals surface area contributed by atoms with Gasteiger partial charge in [0.15, 0.2) is 0 Å². The molecule has 1 aliphatic carbocycles. The van der Waals surface area contributed by atoms with Crippen LogP contribution in [0.15, 0.2) is 36.4 Å². The molecule has 1 aromatic rings. The smallest absolute Gasteiger partial charge is 0.416 e. The first-order valence-corrected chi connectivity index (χ1v) is 8.02. The zero-order chi connectivity index (χ0) is 22.0. The van der Waals surface area contributed by atoms with Gasteiger partial charge >= 0.3 is 6.18 Å². The summed E-state index contributed by atoms with van der Waals surface area (Å²) in [6.07, 6.45) is 3.45. The van der Waals surface area contributed by atoms with E-state index in [-0.39, 0.29) is 5.69 Å². The Balaban J connectivity index is 0. The molecule has 7 nitrogen and oxygen atoms in total. The summed E-state index contributed by atoms with van der Waals surface area (Å²) in [6, 6.07) is 4.10. The first-order chi connectivity index (χ1) is 13.2. The van der Waals surface area contributed by atoms with Gasteiger partial charge in [0.1, 0.15) is 6.42 Å². The predicted octanol–water partition coefficient (Wildman–Crippen LogP) is 2.64. The van der Waals surface area contributed by atoms with E-state index in [0.717, 1.165) is 25.3 Å².